The summed E-state index contributed by atoms with van der Waals surface area (Å²) in [5, 5.41) is 45.3. The number of hydrogen-bond donors (Lipinski definition) is 7. The first kappa shape index (κ1) is 21.6. The van der Waals surface area contributed by atoms with Crippen LogP contribution in [0, 0.1) is 0 Å². The van der Waals surface area contributed by atoms with Crippen LogP contribution in [0.15, 0.2) is 0 Å². The fourth-order valence-corrected chi connectivity index (χ4v) is 2.85. The van der Waals surface area contributed by atoms with E-state index in [9.17, 15) is 29.7 Å². The minimum Gasteiger partial charge on any atom is -0.480 e. The molecule has 1 fully saturated rings. The molecule has 12 heteroatoms. The topological polar surface area (TPSA) is 177 Å². The Balaban J connectivity index is 2.58. The molecule has 2 amide bonds. The molecule has 0 bridgehead atoms. The fraction of sp³-hybridized carbons (Fsp3) is 0.769. The number of likely N-dealkylation sites (N-methyl/N-ethyl adjacent to an activating group) is 1. The average molecular weight is 381 g/mol. The van der Waals surface area contributed by atoms with Gasteiger partial charge >= 0.3 is 5.97 Å². The number of aliphatic hydroxyl groups is 3. The molecule has 0 saturated carbocycles. The normalized spacial score (nSPS) is 30.4. The third-order valence-electron chi connectivity index (χ3n) is 3.61. The van der Waals surface area contributed by atoms with E-state index in [1.165, 1.54) is 18.8 Å². The van der Waals surface area contributed by atoms with E-state index in [0.29, 0.717) is 0 Å². The highest BCUT2D eigenvalue weighted by atomic mass is 32.2. The first-order valence-corrected chi connectivity index (χ1v) is 8.78. The van der Waals surface area contributed by atoms with Gasteiger partial charge in [-0.15, -0.1) is 0 Å². The van der Waals surface area contributed by atoms with Crippen molar-refractivity contribution in [1.82, 2.24) is 16.0 Å². The molecule has 1 saturated heterocycles. The number of carbonyl (C=O) groups excluding carboxylic acids is 2. The summed E-state index contributed by atoms with van der Waals surface area (Å²) in [6.07, 6.45) is -4.41. The highest BCUT2D eigenvalue weighted by molar-refractivity contribution is 7.98. The van der Waals surface area contributed by atoms with Crippen LogP contribution in [-0.2, 0) is 19.1 Å². The number of carboxylic acid groups (broad SMARTS) is 1. The Morgan fingerprint density at radius 3 is 2.36 bits per heavy atom. The van der Waals surface area contributed by atoms with Crippen molar-refractivity contribution < 1.29 is 39.5 Å². The minimum atomic E-state index is -1.69. The van der Waals surface area contributed by atoms with Gasteiger partial charge < -0.3 is 41.1 Å². The smallest absolute Gasteiger partial charge is 0.327 e. The molecule has 1 heterocycles. The van der Waals surface area contributed by atoms with E-state index in [-0.39, 0.29) is 5.75 Å². The molecule has 1 aliphatic heterocycles. The number of aliphatic carboxylic acids is 1. The van der Waals surface area contributed by atoms with Crippen LogP contribution in [0.3, 0.4) is 0 Å². The summed E-state index contributed by atoms with van der Waals surface area (Å²) < 4.78 is 4.87. The number of ether oxygens (including phenoxy) is 1. The zero-order valence-corrected chi connectivity index (χ0v) is 14.5. The van der Waals surface area contributed by atoms with Crippen molar-refractivity contribution in [3.05, 3.63) is 0 Å². The summed E-state index contributed by atoms with van der Waals surface area (Å²) in [5.41, 5.74) is 0. The maximum Gasteiger partial charge on any atom is 0.327 e. The lowest BCUT2D eigenvalue weighted by atomic mass is 9.96. The molecule has 7 N–H and O–H groups in total. The van der Waals surface area contributed by atoms with Crippen molar-refractivity contribution in [2.45, 2.75) is 36.7 Å². The van der Waals surface area contributed by atoms with Crippen LogP contribution < -0.4 is 16.0 Å². The predicted octanol–water partition coefficient (Wildman–Crippen LogP) is -3.94. The average Bonchev–Trinajstić information content (AvgIpc) is 2.56. The lowest BCUT2D eigenvalue weighted by Gasteiger charge is -2.39. The molecule has 1 rings (SSSR count). The molecule has 25 heavy (non-hydrogen) atoms. The Hall–Kier alpha value is -1.44. The molecule has 0 aromatic heterocycles. The first-order valence-electron chi connectivity index (χ1n) is 7.38. The quantitative estimate of drug-likeness (QED) is 0.220. The zero-order chi connectivity index (χ0) is 19.1. The van der Waals surface area contributed by atoms with Crippen molar-refractivity contribution in [3.8, 4) is 0 Å². The lowest BCUT2D eigenvalue weighted by Crippen LogP contribution is -2.65. The summed E-state index contributed by atoms with van der Waals surface area (Å²) in [6.45, 7) is -0.535. The molecule has 3 unspecified atom stereocenters. The molecular formula is C13H23N3O8S. The number of amides is 2. The van der Waals surface area contributed by atoms with E-state index in [1.54, 1.807) is 6.26 Å². The van der Waals surface area contributed by atoms with E-state index in [0.717, 1.165) is 0 Å². The molecule has 6 atom stereocenters. The van der Waals surface area contributed by atoms with E-state index in [1.807, 2.05) is 0 Å². The summed E-state index contributed by atoms with van der Waals surface area (Å²) in [6, 6.07) is -2.10. The molecule has 0 aromatic rings. The van der Waals surface area contributed by atoms with Gasteiger partial charge in [0, 0.05) is 5.75 Å². The van der Waals surface area contributed by atoms with Gasteiger partial charge in [-0.3, -0.25) is 9.59 Å². The van der Waals surface area contributed by atoms with Gasteiger partial charge in [-0.05, 0) is 13.3 Å². The SMILES string of the molecule is CN[C@@H]1C(O)C(O)OC(C(=O)NCC(=O)N[C@@H](CSC)C(=O)O)[C@H]1O. The van der Waals surface area contributed by atoms with Crippen LogP contribution in [0.2, 0.25) is 0 Å². The summed E-state index contributed by atoms with van der Waals surface area (Å²) in [5.74, 6) is -2.65. The van der Waals surface area contributed by atoms with Gasteiger partial charge in [-0.1, -0.05) is 0 Å². The van der Waals surface area contributed by atoms with Crippen molar-refractivity contribution in [1.29, 1.82) is 0 Å². The van der Waals surface area contributed by atoms with Crippen LogP contribution in [-0.4, -0.2) is 100 Å². The Labute approximate surface area is 148 Å². The van der Waals surface area contributed by atoms with Gasteiger partial charge in [0.25, 0.3) is 5.91 Å². The van der Waals surface area contributed by atoms with Crippen LogP contribution >= 0.6 is 11.8 Å². The standard InChI is InChI=1S/C13H23N3O8S/c1-14-7-8(18)10(24-13(23)9(7)19)11(20)15-3-6(17)16-5(4-25-2)12(21)22/h5,7-10,13-14,18-19,23H,3-4H2,1-2H3,(H,15,20)(H,16,17)(H,21,22)/t5-,7-,8-,9?,10?,13?/m0/s1. The summed E-state index contributed by atoms with van der Waals surface area (Å²) >= 11 is 1.24. The monoisotopic (exact) mass is 381 g/mol. The molecule has 0 spiro atoms. The second-order valence-corrected chi connectivity index (χ2v) is 6.29. The third-order valence-corrected chi connectivity index (χ3v) is 4.27. The highest BCUT2D eigenvalue weighted by Crippen LogP contribution is 2.19. The number of hydrogen-bond acceptors (Lipinski definition) is 9. The van der Waals surface area contributed by atoms with Crippen molar-refractivity contribution in [3.63, 3.8) is 0 Å². The van der Waals surface area contributed by atoms with Gasteiger partial charge in [-0.25, -0.2) is 4.79 Å². The fourth-order valence-electron chi connectivity index (χ4n) is 2.29. The van der Waals surface area contributed by atoms with Gasteiger partial charge in [0.15, 0.2) is 12.4 Å². The molecule has 1 aliphatic rings. The Morgan fingerprint density at radius 2 is 1.84 bits per heavy atom. The molecule has 144 valence electrons. The number of thioether (sulfide) groups is 1. The van der Waals surface area contributed by atoms with Gasteiger partial charge in [0.05, 0.1) is 12.6 Å². The van der Waals surface area contributed by atoms with E-state index >= 15 is 0 Å². The Bertz CT molecular complexity index is 494. The number of nitrogens with one attached hydrogen (secondary N) is 3. The van der Waals surface area contributed by atoms with Crippen LogP contribution in [0.1, 0.15) is 0 Å². The highest BCUT2D eigenvalue weighted by Gasteiger charge is 2.46. The van der Waals surface area contributed by atoms with Crippen molar-refractivity contribution in [2.24, 2.45) is 0 Å². The maximum absolute atomic E-state index is 12.1. The first-order chi connectivity index (χ1) is 11.7. The Morgan fingerprint density at radius 1 is 1.20 bits per heavy atom. The summed E-state index contributed by atoms with van der Waals surface area (Å²) in [4.78, 5) is 34.8. The molecular weight excluding hydrogens is 358 g/mol. The van der Waals surface area contributed by atoms with Crippen LogP contribution in [0.4, 0.5) is 0 Å². The second kappa shape index (κ2) is 9.89. The Kier molecular flexibility index (Phi) is 8.55. The number of aliphatic hydroxyl groups excluding tert-OH is 3. The summed E-state index contributed by atoms with van der Waals surface area (Å²) in [7, 11) is 1.43. The van der Waals surface area contributed by atoms with Gasteiger partial charge in [-0.2, -0.15) is 11.8 Å². The van der Waals surface area contributed by atoms with Crippen LogP contribution in [0.25, 0.3) is 0 Å². The van der Waals surface area contributed by atoms with E-state index in [4.69, 9.17) is 9.84 Å². The third kappa shape index (κ3) is 5.80. The van der Waals surface area contributed by atoms with E-state index < -0.39 is 61.0 Å². The predicted molar refractivity (Wildman–Crippen MR) is 86.7 cm³/mol. The largest absolute Gasteiger partial charge is 0.480 e. The molecule has 11 nitrogen and oxygen atoms in total. The van der Waals surface area contributed by atoms with Crippen molar-refractivity contribution in [2.75, 3.05) is 25.6 Å². The molecule has 0 aliphatic carbocycles. The zero-order valence-electron chi connectivity index (χ0n) is 13.7. The maximum atomic E-state index is 12.1. The van der Waals surface area contributed by atoms with Gasteiger partial charge in [0.1, 0.15) is 18.2 Å². The molecule has 0 aromatic carbocycles. The van der Waals surface area contributed by atoms with Crippen LogP contribution in [0.5, 0.6) is 0 Å². The van der Waals surface area contributed by atoms with Gasteiger partial charge in [0.2, 0.25) is 5.91 Å². The lowest BCUT2D eigenvalue weighted by molar-refractivity contribution is -0.251. The number of carboxylic acids is 1. The number of rotatable bonds is 8. The second-order valence-electron chi connectivity index (χ2n) is 5.37. The van der Waals surface area contributed by atoms with E-state index in [2.05, 4.69) is 16.0 Å². The molecule has 0 radical (unpaired) electrons. The minimum absolute atomic E-state index is 0.160. The number of carbonyl (C=O) groups is 3. The van der Waals surface area contributed by atoms with Crippen molar-refractivity contribution >= 4 is 29.5 Å².